The quantitative estimate of drug-likeness (QED) is 0.805. The van der Waals surface area contributed by atoms with Gasteiger partial charge in [0.05, 0.1) is 6.04 Å². The molecule has 0 aliphatic rings. The van der Waals surface area contributed by atoms with Gasteiger partial charge in [0.15, 0.2) is 0 Å². The molecule has 0 bridgehead atoms. The molecule has 5 heteroatoms. The van der Waals surface area contributed by atoms with Crippen LogP contribution in [0.1, 0.15) is 57.8 Å². The smallest absolute Gasteiger partial charge is 0.243 e. The van der Waals surface area contributed by atoms with Crippen molar-refractivity contribution in [3.63, 3.8) is 0 Å². The van der Waals surface area contributed by atoms with Crippen LogP contribution in [-0.2, 0) is 10.3 Å². The molecule has 16 heavy (non-hydrogen) atoms. The van der Waals surface area contributed by atoms with Crippen LogP contribution in [0.3, 0.4) is 0 Å². The summed E-state index contributed by atoms with van der Waals surface area (Å²) in [4.78, 5) is 4.34. The third-order valence-corrected chi connectivity index (χ3v) is 3.14. The first kappa shape index (κ1) is 13.1. The van der Waals surface area contributed by atoms with Crippen LogP contribution in [0.15, 0.2) is 4.52 Å². The lowest BCUT2D eigenvalue weighted by atomic mass is 9.96. The van der Waals surface area contributed by atoms with Crippen molar-refractivity contribution in [1.29, 1.82) is 0 Å². The van der Waals surface area contributed by atoms with Crippen molar-refractivity contribution in [3.05, 3.63) is 11.7 Å². The third kappa shape index (κ3) is 2.25. The van der Waals surface area contributed by atoms with Crippen LogP contribution in [0.2, 0.25) is 0 Å². The number of rotatable bonds is 6. The van der Waals surface area contributed by atoms with Crippen molar-refractivity contribution in [2.45, 2.75) is 51.7 Å². The Bertz CT molecular complexity index is 313. The highest BCUT2D eigenvalue weighted by Crippen LogP contribution is 2.30. The number of hydrogen-bond acceptors (Lipinski definition) is 5. The fraction of sp³-hybridized carbons (Fsp3) is 0.818. The zero-order valence-corrected chi connectivity index (χ0v) is 10.5. The van der Waals surface area contributed by atoms with Gasteiger partial charge in [0.25, 0.3) is 0 Å². The van der Waals surface area contributed by atoms with Gasteiger partial charge in [-0.15, -0.1) is 0 Å². The second-order valence-electron chi connectivity index (χ2n) is 3.88. The number of methoxy groups -OCH3 is 1. The molecule has 1 rings (SSSR count). The highest BCUT2D eigenvalue weighted by Gasteiger charge is 2.34. The molecule has 2 N–H and O–H groups in total. The summed E-state index contributed by atoms with van der Waals surface area (Å²) in [5, 5.41) is 3.98. The van der Waals surface area contributed by atoms with Gasteiger partial charge < -0.3 is 15.0 Å². The minimum atomic E-state index is -0.449. The lowest BCUT2D eigenvalue weighted by molar-refractivity contribution is -0.0306. The summed E-state index contributed by atoms with van der Waals surface area (Å²) in [6.45, 7) is 6.07. The molecular weight excluding hydrogens is 206 g/mol. The molecule has 0 fully saturated rings. The molecule has 0 amide bonds. The monoisotopic (exact) mass is 227 g/mol. The fourth-order valence-electron chi connectivity index (χ4n) is 1.69. The Kier molecular flexibility index (Phi) is 4.44. The maximum atomic E-state index is 5.84. The van der Waals surface area contributed by atoms with Gasteiger partial charge in [0.1, 0.15) is 5.60 Å². The van der Waals surface area contributed by atoms with E-state index in [1.165, 1.54) is 0 Å². The molecule has 5 nitrogen and oxygen atoms in total. The van der Waals surface area contributed by atoms with Crippen molar-refractivity contribution in [2.75, 3.05) is 7.11 Å². The molecule has 0 saturated heterocycles. The van der Waals surface area contributed by atoms with Gasteiger partial charge in [-0.05, 0) is 19.3 Å². The zero-order chi connectivity index (χ0) is 12.2. The molecule has 1 aromatic heterocycles. The first-order chi connectivity index (χ1) is 7.63. The van der Waals surface area contributed by atoms with Crippen LogP contribution in [0.5, 0.6) is 0 Å². The van der Waals surface area contributed by atoms with Crippen LogP contribution in [-0.4, -0.2) is 17.3 Å². The number of ether oxygens (including phenoxy) is 1. The number of nitrogens with two attached hydrogens (primary N) is 1. The molecule has 92 valence electrons. The van der Waals surface area contributed by atoms with Crippen molar-refractivity contribution in [1.82, 2.24) is 10.1 Å². The molecule has 0 spiro atoms. The van der Waals surface area contributed by atoms with Gasteiger partial charge in [-0.2, -0.15) is 4.98 Å². The average Bonchev–Trinajstić information content (AvgIpc) is 2.81. The first-order valence-corrected chi connectivity index (χ1v) is 5.78. The lowest BCUT2D eigenvalue weighted by Gasteiger charge is -2.25. The second kappa shape index (κ2) is 5.41. The van der Waals surface area contributed by atoms with E-state index in [1.54, 1.807) is 7.11 Å². The normalized spacial score (nSPS) is 14.1. The van der Waals surface area contributed by atoms with Gasteiger partial charge in [0, 0.05) is 7.11 Å². The molecule has 1 unspecified atom stereocenters. The molecule has 0 aliphatic carbocycles. The van der Waals surface area contributed by atoms with E-state index in [0.29, 0.717) is 11.7 Å². The summed E-state index contributed by atoms with van der Waals surface area (Å²) in [5.41, 5.74) is 5.39. The Morgan fingerprint density at radius 3 is 2.44 bits per heavy atom. The van der Waals surface area contributed by atoms with Crippen LogP contribution in [0, 0.1) is 0 Å². The highest BCUT2D eigenvalue weighted by molar-refractivity contribution is 5.02. The van der Waals surface area contributed by atoms with Gasteiger partial charge in [-0.25, -0.2) is 0 Å². The molecule has 0 radical (unpaired) electrons. The average molecular weight is 227 g/mol. The topological polar surface area (TPSA) is 74.2 Å². The van der Waals surface area contributed by atoms with Crippen LogP contribution >= 0.6 is 0 Å². The Morgan fingerprint density at radius 1 is 1.38 bits per heavy atom. The number of hydrogen-bond donors (Lipinski definition) is 1. The largest absolute Gasteiger partial charge is 0.370 e. The summed E-state index contributed by atoms with van der Waals surface area (Å²) in [6, 6.07) is -0.190. The van der Waals surface area contributed by atoms with Gasteiger partial charge in [-0.1, -0.05) is 25.9 Å². The Morgan fingerprint density at radius 2 is 2.00 bits per heavy atom. The second-order valence-corrected chi connectivity index (χ2v) is 3.88. The van der Waals surface area contributed by atoms with E-state index in [-0.39, 0.29) is 6.04 Å². The van der Waals surface area contributed by atoms with Crippen molar-refractivity contribution < 1.29 is 9.26 Å². The molecule has 1 aromatic rings. The summed E-state index contributed by atoms with van der Waals surface area (Å²) < 4.78 is 10.7. The van der Waals surface area contributed by atoms with Gasteiger partial charge in [0.2, 0.25) is 11.7 Å². The van der Waals surface area contributed by atoms with Crippen LogP contribution in [0.4, 0.5) is 0 Å². The number of aromatic nitrogens is 2. The van der Waals surface area contributed by atoms with Gasteiger partial charge in [-0.3, -0.25) is 0 Å². The molecule has 0 aromatic carbocycles. The molecular formula is C11H21N3O2. The summed E-state index contributed by atoms with van der Waals surface area (Å²) in [5.74, 6) is 1.08. The van der Waals surface area contributed by atoms with Crippen molar-refractivity contribution in [2.24, 2.45) is 5.73 Å². The molecule has 1 heterocycles. The molecule has 0 saturated carbocycles. The summed E-state index contributed by atoms with van der Waals surface area (Å²) in [7, 11) is 1.67. The summed E-state index contributed by atoms with van der Waals surface area (Å²) >= 11 is 0. The van der Waals surface area contributed by atoms with E-state index in [1.807, 2.05) is 20.8 Å². The molecule has 1 atom stereocenters. The third-order valence-electron chi connectivity index (χ3n) is 3.14. The lowest BCUT2D eigenvalue weighted by Crippen LogP contribution is -2.28. The van der Waals surface area contributed by atoms with E-state index < -0.39 is 5.60 Å². The Hall–Kier alpha value is -0.940. The van der Waals surface area contributed by atoms with Gasteiger partial charge >= 0.3 is 0 Å². The van der Waals surface area contributed by atoms with Crippen LogP contribution < -0.4 is 5.73 Å². The SMILES string of the molecule is CCC(N)c1nc(C(CC)(CC)OC)no1. The minimum Gasteiger partial charge on any atom is -0.370 e. The van der Waals surface area contributed by atoms with Crippen molar-refractivity contribution >= 4 is 0 Å². The predicted octanol–water partition coefficient (Wildman–Crippen LogP) is 2.14. The maximum Gasteiger partial charge on any atom is 0.243 e. The van der Waals surface area contributed by atoms with Crippen LogP contribution in [0.25, 0.3) is 0 Å². The predicted molar refractivity (Wildman–Crippen MR) is 60.8 cm³/mol. The van der Waals surface area contributed by atoms with E-state index in [4.69, 9.17) is 15.0 Å². The summed E-state index contributed by atoms with van der Waals surface area (Å²) in [6.07, 6.45) is 2.39. The Balaban J connectivity index is 2.99. The Labute approximate surface area is 96.4 Å². The van der Waals surface area contributed by atoms with E-state index in [2.05, 4.69) is 10.1 Å². The first-order valence-electron chi connectivity index (χ1n) is 5.78. The molecule has 0 aliphatic heterocycles. The zero-order valence-electron chi connectivity index (χ0n) is 10.5. The van der Waals surface area contributed by atoms with E-state index >= 15 is 0 Å². The number of nitrogens with zero attached hydrogens (tertiary/aromatic N) is 2. The van der Waals surface area contributed by atoms with E-state index in [0.717, 1.165) is 19.3 Å². The fourth-order valence-corrected chi connectivity index (χ4v) is 1.69. The standard InChI is InChI=1S/C11H21N3O2/c1-5-8(12)9-13-10(14-16-9)11(6-2,7-3)15-4/h8H,5-7,12H2,1-4H3. The minimum absolute atomic E-state index is 0.190. The highest BCUT2D eigenvalue weighted by atomic mass is 16.5. The van der Waals surface area contributed by atoms with E-state index in [9.17, 15) is 0 Å². The van der Waals surface area contributed by atoms with Crippen molar-refractivity contribution in [3.8, 4) is 0 Å². The maximum absolute atomic E-state index is 5.84.